The van der Waals surface area contributed by atoms with Crippen molar-refractivity contribution in [3.63, 3.8) is 0 Å². The van der Waals surface area contributed by atoms with Crippen LogP contribution in [-0.4, -0.2) is 62.6 Å². The maximum Gasteiger partial charge on any atom is 0.252 e. The zero-order valence-electron chi connectivity index (χ0n) is 13.6. The van der Waals surface area contributed by atoms with Gasteiger partial charge in [-0.1, -0.05) is 0 Å². The zero-order chi connectivity index (χ0) is 15.8. The number of nitrogens with zero attached hydrogens (tertiary/aromatic N) is 2. The normalized spacial score (nSPS) is 15.9. The minimum absolute atomic E-state index is 0.0210. The first-order chi connectivity index (χ1) is 10.7. The summed E-state index contributed by atoms with van der Waals surface area (Å²) in [7, 11) is 1.64. The van der Waals surface area contributed by atoms with Crippen LogP contribution in [0.4, 0.5) is 5.69 Å². The van der Waals surface area contributed by atoms with Crippen molar-refractivity contribution in [1.82, 2.24) is 9.47 Å². The van der Waals surface area contributed by atoms with Crippen LogP contribution in [-0.2, 0) is 16.0 Å². The Morgan fingerprint density at radius 3 is 2.73 bits per heavy atom. The van der Waals surface area contributed by atoms with Crippen LogP contribution >= 0.6 is 0 Å². The summed E-state index contributed by atoms with van der Waals surface area (Å²) in [4.78, 5) is 14.5. The molecular formula is C16H27N3O3. The Kier molecular flexibility index (Phi) is 6.89. The Labute approximate surface area is 132 Å². The van der Waals surface area contributed by atoms with Crippen LogP contribution in [0.25, 0.3) is 0 Å². The predicted molar refractivity (Wildman–Crippen MR) is 87.7 cm³/mol. The van der Waals surface area contributed by atoms with Crippen LogP contribution in [0.5, 0.6) is 0 Å². The molecule has 0 aromatic carbocycles. The van der Waals surface area contributed by atoms with Gasteiger partial charge in [-0.3, -0.25) is 9.69 Å². The lowest BCUT2D eigenvalue weighted by Crippen LogP contribution is -2.37. The number of pyridine rings is 1. The number of methoxy groups -OCH3 is 1. The van der Waals surface area contributed by atoms with Crippen LogP contribution in [0, 0.1) is 6.92 Å². The lowest BCUT2D eigenvalue weighted by Gasteiger charge is -2.26. The van der Waals surface area contributed by atoms with E-state index < -0.39 is 0 Å². The van der Waals surface area contributed by atoms with Crippen LogP contribution in [0.15, 0.2) is 16.9 Å². The summed E-state index contributed by atoms with van der Waals surface area (Å²) in [6.07, 6.45) is 1.06. The van der Waals surface area contributed by atoms with E-state index in [4.69, 9.17) is 9.47 Å². The van der Waals surface area contributed by atoms with E-state index in [9.17, 15) is 4.79 Å². The number of morpholine rings is 1. The van der Waals surface area contributed by atoms with E-state index in [-0.39, 0.29) is 5.56 Å². The van der Waals surface area contributed by atoms with Crippen molar-refractivity contribution < 1.29 is 9.47 Å². The fourth-order valence-electron chi connectivity index (χ4n) is 2.66. The fraction of sp³-hybridized carbons (Fsp3) is 0.688. The van der Waals surface area contributed by atoms with Crippen LogP contribution in [0.2, 0.25) is 0 Å². The molecular weight excluding hydrogens is 282 g/mol. The van der Waals surface area contributed by atoms with Gasteiger partial charge in [-0.2, -0.15) is 0 Å². The molecule has 2 rings (SSSR count). The highest BCUT2D eigenvalue weighted by molar-refractivity contribution is 5.43. The van der Waals surface area contributed by atoms with Gasteiger partial charge in [0.25, 0.3) is 5.56 Å². The van der Waals surface area contributed by atoms with E-state index >= 15 is 0 Å². The SMILES string of the molecule is COCCn1c(C)cc(NCCCN2CCOCC2)cc1=O. The molecule has 0 spiro atoms. The maximum atomic E-state index is 12.1. The second-order valence-corrected chi connectivity index (χ2v) is 5.60. The van der Waals surface area contributed by atoms with Crippen LogP contribution in [0.3, 0.4) is 0 Å². The summed E-state index contributed by atoms with van der Waals surface area (Å²) in [6, 6.07) is 3.68. The number of rotatable bonds is 8. The lowest BCUT2D eigenvalue weighted by atomic mass is 10.3. The van der Waals surface area contributed by atoms with Crippen LogP contribution in [0.1, 0.15) is 12.1 Å². The molecule has 6 nitrogen and oxygen atoms in total. The van der Waals surface area contributed by atoms with E-state index in [0.717, 1.165) is 57.2 Å². The van der Waals surface area contributed by atoms with Gasteiger partial charge >= 0.3 is 0 Å². The predicted octanol–water partition coefficient (Wildman–Crippen LogP) is 0.937. The Balaban J connectivity index is 1.79. The Bertz CT molecular complexity index is 510. The first kappa shape index (κ1) is 17.0. The third-order valence-electron chi connectivity index (χ3n) is 3.94. The van der Waals surface area contributed by atoms with Crippen molar-refractivity contribution in [1.29, 1.82) is 0 Å². The average Bonchev–Trinajstić information content (AvgIpc) is 2.52. The zero-order valence-corrected chi connectivity index (χ0v) is 13.6. The van der Waals surface area contributed by atoms with Gasteiger partial charge in [0.1, 0.15) is 0 Å². The fourth-order valence-corrected chi connectivity index (χ4v) is 2.66. The molecule has 0 saturated carbocycles. The number of aromatic nitrogens is 1. The van der Waals surface area contributed by atoms with E-state index in [1.54, 1.807) is 17.7 Å². The highest BCUT2D eigenvalue weighted by Gasteiger charge is 2.09. The Hall–Kier alpha value is -1.37. The molecule has 22 heavy (non-hydrogen) atoms. The van der Waals surface area contributed by atoms with E-state index in [1.807, 2.05) is 13.0 Å². The lowest BCUT2D eigenvalue weighted by molar-refractivity contribution is 0.0378. The van der Waals surface area contributed by atoms with Crippen molar-refractivity contribution in [3.05, 3.63) is 28.2 Å². The van der Waals surface area contributed by atoms with Gasteiger partial charge in [0.2, 0.25) is 0 Å². The molecule has 0 amide bonds. The van der Waals surface area contributed by atoms with Crippen molar-refractivity contribution in [3.8, 4) is 0 Å². The molecule has 0 unspecified atom stereocenters. The van der Waals surface area contributed by atoms with Gasteiger partial charge in [-0.15, -0.1) is 0 Å². The monoisotopic (exact) mass is 309 g/mol. The minimum Gasteiger partial charge on any atom is -0.385 e. The van der Waals surface area contributed by atoms with E-state index in [1.165, 1.54) is 0 Å². The molecule has 1 saturated heterocycles. The van der Waals surface area contributed by atoms with Crippen molar-refractivity contribution >= 4 is 5.69 Å². The molecule has 0 bridgehead atoms. The van der Waals surface area contributed by atoms with Gasteiger partial charge in [0.05, 0.1) is 19.8 Å². The molecule has 1 N–H and O–H groups in total. The second-order valence-electron chi connectivity index (χ2n) is 5.60. The molecule has 6 heteroatoms. The summed E-state index contributed by atoms with van der Waals surface area (Å²) in [6.45, 7) is 8.77. The quantitative estimate of drug-likeness (QED) is 0.724. The number of anilines is 1. The van der Waals surface area contributed by atoms with Gasteiger partial charge in [0, 0.05) is 50.7 Å². The van der Waals surface area contributed by atoms with E-state index in [2.05, 4.69) is 10.2 Å². The van der Waals surface area contributed by atoms with Crippen molar-refractivity contribution in [2.75, 3.05) is 58.4 Å². The minimum atomic E-state index is 0.0210. The topological polar surface area (TPSA) is 55.7 Å². The van der Waals surface area contributed by atoms with E-state index in [0.29, 0.717) is 13.2 Å². The summed E-state index contributed by atoms with van der Waals surface area (Å²) in [5.74, 6) is 0. The average molecular weight is 309 g/mol. The standard InChI is InChI=1S/C16H27N3O3/c1-14-12-15(13-16(20)19(14)8-9-21-2)17-4-3-5-18-6-10-22-11-7-18/h12-13,17H,3-11H2,1-2H3. The molecule has 1 fully saturated rings. The van der Waals surface area contributed by atoms with Gasteiger partial charge in [-0.25, -0.2) is 0 Å². The molecule has 1 aromatic heterocycles. The number of nitrogens with one attached hydrogen (secondary N) is 1. The highest BCUT2D eigenvalue weighted by atomic mass is 16.5. The molecule has 0 radical (unpaired) electrons. The highest BCUT2D eigenvalue weighted by Crippen LogP contribution is 2.07. The first-order valence-corrected chi connectivity index (χ1v) is 7.95. The van der Waals surface area contributed by atoms with Crippen LogP contribution < -0.4 is 10.9 Å². The molecule has 2 heterocycles. The Morgan fingerprint density at radius 2 is 2.05 bits per heavy atom. The largest absolute Gasteiger partial charge is 0.385 e. The van der Waals surface area contributed by atoms with Gasteiger partial charge in [-0.05, 0) is 26.0 Å². The summed E-state index contributed by atoms with van der Waals surface area (Å²) in [5.41, 5.74) is 1.88. The third-order valence-corrected chi connectivity index (χ3v) is 3.94. The molecule has 1 aliphatic rings. The molecule has 1 aromatic rings. The molecule has 1 aliphatic heterocycles. The third kappa shape index (κ3) is 5.12. The number of aryl methyl sites for hydroxylation is 1. The summed E-state index contributed by atoms with van der Waals surface area (Å²) >= 11 is 0. The summed E-state index contributed by atoms with van der Waals surface area (Å²) < 4.78 is 12.1. The second kappa shape index (κ2) is 8.92. The number of hydrogen-bond acceptors (Lipinski definition) is 5. The van der Waals surface area contributed by atoms with Crippen molar-refractivity contribution in [2.24, 2.45) is 0 Å². The maximum absolute atomic E-state index is 12.1. The number of ether oxygens (including phenoxy) is 2. The molecule has 0 atom stereocenters. The van der Waals surface area contributed by atoms with Gasteiger partial charge < -0.3 is 19.4 Å². The number of hydrogen-bond donors (Lipinski definition) is 1. The molecule has 0 aliphatic carbocycles. The molecule has 124 valence electrons. The van der Waals surface area contributed by atoms with Crippen molar-refractivity contribution in [2.45, 2.75) is 19.9 Å². The Morgan fingerprint density at radius 1 is 1.27 bits per heavy atom. The first-order valence-electron chi connectivity index (χ1n) is 7.95. The van der Waals surface area contributed by atoms with Gasteiger partial charge in [0.15, 0.2) is 0 Å². The summed E-state index contributed by atoms with van der Waals surface area (Å²) in [5, 5.41) is 3.35. The smallest absolute Gasteiger partial charge is 0.252 e.